The fourth-order valence-corrected chi connectivity index (χ4v) is 2.35. The third-order valence-electron chi connectivity index (χ3n) is 2.40. The largest absolute Gasteiger partial charge is 0.433 e. The molecule has 0 saturated carbocycles. The molecule has 2 aromatic heterocycles. The molecule has 2 aromatic rings. The highest BCUT2D eigenvalue weighted by atomic mass is 35.5. The molecule has 0 radical (unpaired) electrons. The van der Waals surface area contributed by atoms with Gasteiger partial charge in [0.2, 0.25) is 0 Å². The summed E-state index contributed by atoms with van der Waals surface area (Å²) < 4.78 is 41.0. The molecule has 4 nitrogen and oxygen atoms in total. The lowest BCUT2D eigenvalue weighted by Gasteiger charge is -2.12. The molecule has 1 atom stereocenters. The van der Waals surface area contributed by atoms with Gasteiger partial charge >= 0.3 is 6.18 Å². The smallest absolute Gasteiger partial charge is 0.383 e. The quantitative estimate of drug-likeness (QED) is 0.866. The van der Waals surface area contributed by atoms with Gasteiger partial charge in [0.25, 0.3) is 0 Å². The van der Waals surface area contributed by atoms with Crippen LogP contribution >= 0.6 is 23.1 Å². The molecule has 0 amide bonds. The molecule has 0 aromatic carbocycles. The van der Waals surface area contributed by atoms with Gasteiger partial charge < -0.3 is 5.11 Å². The molecule has 0 aliphatic heterocycles. The van der Waals surface area contributed by atoms with Crippen molar-refractivity contribution in [3.63, 3.8) is 0 Å². The molecule has 2 heterocycles. The van der Waals surface area contributed by atoms with Gasteiger partial charge in [0.05, 0.1) is 10.6 Å². The van der Waals surface area contributed by atoms with Crippen LogP contribution in [0.3, 0.4) is 0 Å². The van der Waals surface area contributed by atoms with Crippen LogP contribution in [0.15, 0.2) is 12.1 Å². The first-order valence-electron chi connectivity index (χ1n) is 5.01. The average molecular weight is 310 g/mol. The highest BCUT2D eigenvalue weighted by Crippen LogP contribution is 2.34. The van der Waals surface area contributed by atoms with E-state index in [0.717, 1.165) is 23.7 Å². The van der Waals surface area contributed by atoms with Crippen molar-refractivity contribution >= 4 is 23.1 Å². The van der Waals surface area contributed by atoms with Crippen LogP contribution in [0.25, 0.3) is 0 Å². The van der Waals surface area contributed by atoms with E-state index < -0.39 is 23.1 Å². The van der Waals surface area contributed by atoms with Crippen molar-refractivity contribution in [2.24, 2.45) is 0 Å². The number of alkyl halides is 3. The SMILES string of the molecule is Cc1nnsc1C(O)c1ccc(C(F)(F)F)nc1Cl. The number of aryl methyl sites for hydroxylation is 1. The number of aliphatic hydroxyl groups is 1. The fourth-order valence-electron chi connectivity index (χ4n) is 1.44. The highest BCUT2D eigenvalue weighted by Gasteiger charge is 2.33. The molecule has 0 bridgehead atoms. The van der Waals surface area contributed by atoms with Crippen LogP contribution < -0.4 is 0 Å². The first-order valence-corrected chi connectivity index (χ1v) is 6.16. The number of pyridine rings is 1. The minimum absolute atomic E-state index is 0.0869. The van der Waals surface area contributed by atoms with Gasteiger partial charge in [-0.1, -0.05) is 22.2 Å². The third-order valence-corrected chi connectivity index (χ3v) is 3.58. The summed E-state index contributed by atoms with van der Waals surface area (Å²) in [4.78, 5) is 3.67. The number of nitrogens with zero attached hydrogens (tertiary/aromatic N) is 3. The Morgan fingerprint density at radius 3 is 2.53 bits per heavy atom. The molecule has 19 heavy (non-hydrogen) atoms. The van der Waals surface area contributed by atoms with Gasteiger partial charge in [-0.15, -0.1) is 5.10 Å². The van der Waals surface area contributed by atoms with Gasteiger partial charge in [0.1, 0.15) is 17.0 Å². The van der Waals surface area contributed by atoms with E-state index in [9.17, 15) is 18.3 Å². The Kier molecular flexibility index (Phi) is 3.75. The van der Waals surface area contributed by atoms with Gasteiger partial charge in [0.15, 0.2) is 0 Å². The Labute approximate surface area is 115 Å². The predicted octanol–water partition coefficient (Wildman–Crippen LogP) is 3.00. The molecular weight excluding hydrogens is 303 g/mol. The zero-order valence-corrected chi connectivity index (χ0v) is 11.0. The van der Waals surface area contributed by atoms with Crippen molar-refractivity contribution in [1.29, 1.82) is 0 Å². The van der Waals surface area contributed by atoms with Crippen molar-refractivity contribution in [3.8, 4) is 0 Å². The first-order chi connectivity index (χ1) is 8.80. The summed E-state index contributed by atoms with van der Waals surface area (Å²) in [5.41, 5.74) is -0.523. The Bertz CT molecular complexity index is 602. The van der Waals surface area contributed by atoms with Gasteiger partial charge in [-0.05, 0) is 24.5 Å². The average Bonchev–Trinajstić information content (AvgIpc) is 2.73. The number of hydrogen-bond acceptors (Lipinski definition) is 5. The molecule has 9 heteroatoms. The van der Waals surface area contributed by atoms with Crippen LogP contribution in [0.2, 0.25) is 5.15 Å². The zero-order valence-electron chi connectivity index (χ0n) is 9.44. The van der Waals surface area contributed by atoms with Crippen molar-refractivity contribution in [1.82, 2.24) is 14.6 Å². The Morgan fingerprint density at radius 1 is 1.37 bits per heavy atom. The lowest BCUT2D eigenvalue weighted by molar-refractivity contribution is -0.141. The molecule has 102 valence electrons. The standard InChI is InChI=1S/C10H7ClF3N3OS/c1-4-8(19-17-16-4)7(18)5-2-3-6(10(12,13)14)15-9(5)11/h2-3,7,18H,1H3. The highest BCUT2D eigenvalue weighted by molar-refractivity contribution is 7.05. The maximum absolute atomic E-state index is 12.4. The Balaban J connectivity index is 2.39. The van der Waals surface area contributed by atoms with Crippen LogP contribution in [-0.2, 0) is 6.18 Å². The summed E-state index contributed by atoms with van der Waals surface area (Å²) in [5, 5.41) is 13.4. The zero-order chi connectivity index (χ0) is 14.2. The number of aliphatic hydroxyl groups excluding tert-OH is 1. The second-order valence-corrected chi connectivity index (χ2v) is 4.84. The van der Waals surface area contributed by atoms with Crippen LogP contribution in [-0.4, -0.2) is 19.7 Å². The van der Waals surface area contributed by atoms with Crippen LogP contribution in [0.5, 0.6) is 0 Å². The summed E-state index contributed by atoms with van der Waals surface area (Å²) in [6, 6.07) is 1.87. The van der Waals surface area contributed by atoms with E-state index in [1.165, 1.54) is 0 Å². The minimum atomic E-state index is -4.57. The third kappa shape index (κ3) is 2.85. The summed E-state index contributed by atoms with van der Waals surface area (Å²) in [6.45, 7) is 1.63. The number of hydrogen-bond donors (Lipinski definition) is 1. The lowest BCUT2D eigenvalue weighted by atomic mass is 10.1. The molecule has 0 fully saturated rings. The first kappa shape index (κ1) is 14.2. The molecule has 1 N–H and O–H groups in total. The van der Waals surface area contributed by atoms with Gasteiger partial charge in [-0.3, -0.25) is 0 Å². The van der Waals surface area contributed by atoms with Gasteiger partial charge in [-0.2, -0.15) is 13.2 Å². The number of rotatable bonds is 2. The fraction of sp³-hybridized carbons (Fsp3) is 0.300. The van der Waals surface area contributed by atoms with E-state index in [1.54, 1.807) is 6.92 Å². The van der Waals surface area contributed by atoms with Crippen LogP contribution in [0.4, 0.5) is 13.2 Å². The van der Waals surface area contributed by atoms with Gasteiger partial charge in [0, 0.05) is 5.56 Å². The van der Waals surface area contributed by atoms with E-state index in [4.69, 9.17) is 11.6 Å². The lowest BCUT2D eigenvalue weighted by Crippen LogP contribution is -2.10. The number of halogens is 4. The molecule has 2 rings (SSSR count). The predicted molar refractivity (Wildman–Crippen MR) is 63.0 cm³/mol. The summed E-state index contributed by atoms with van der Waals surface area (Å²) in [7, 11) is 0. The second-order valence-electron chi connectivity index (χ2n) is 3.70. The van der Waals surface area contributed by atoms with Crippen molar-refractivity contribution < 1.29 is 18.3 Å². The van der Waals surface area contributed by atoms with E-state index in [1.807, 2.05) is 0 Å². The molecule has 0 saturated heterocycles. The molecule has 0 spiro atoms. The van der Waals surface area contributed by atoms with Crippen LogP contribution in [0.1, 0.15) is 27.9 Å². The molecule has 0 aliphatic carbocycles. The second kappa shape index (κ2) is 5.03. The molecule has 1 unspecified atom stereocenters. The Hall–Kier alpha value is -1.25. The van der Waals surface area contributed by atoms with E-state index >= 15 is 0 Å². The monoisotopic (exact) mass is 309 g/mol. The molecular formula is C10H7ClF3N3OS. The van der Waals surface area contributed by atoms with E-state index in [2.05, 4.69) is 14.6 Å². The minimum Gasteiger partial charge on any atom is -0.383 e. The normalized spacial score (nSPS) is 13.6. The number of aromatic nitrogens is 3. The van der Waals surface area contributed by atoms with E-state index in [-0.39, 0.29) is 5.56 Å². The summed E-state index contributed by atoms with van der Waals surface area (Å²) >= 11 is 6.64. The maximum Gasteiger partial charge on any atom is 0.433 e. The summed E-state index contributed by atoms with van der Waals surface area (Å²) in [5.74, 6) is 0. The van der Waals surface area contributed by atoms with Crippen LogP contribution in [0, 0.1) is 6.92 Å². The van der Waals surface area contributed by atoms with E-state index in [0.29, 0.717) is 10.6 Å². The van der Waals surface area contributed by atoms with Gasteiger partial charge in [-0.25, -0.2) is 4.98 Å². The topological polar surface area (TPSA) is 58.9 Å². The molecule has 0 aliphatic rings. The Morgan fingerprint density at radius 2 is 2.05 bits per heavy atom. The van der Waals surface area contributed by atoms with Crippen molar-refractivity contribution in [2.75, 3.05) is 0 Å². The van der Waals surface area contributed by atoms with Crippen molar-refractivity contribution in [3.05, 3.63) is 39.1 Å². The summed E-state index contributed by atoms with van der Waals surface area (Å²) in [6.07, 6.45) is -5.77. The maximum atomic E-state index is 12.4. The van der Waals surface area contributed by atoms with Crippen molar-refractivity contribution in [2.45, 2.75) is 19.2 Å².